The molecule has 1 amide bonds. The lowest BCUT2D eigenvalue weighted by Gasteiger charge is -2.20. The molecule has 0 radical (unpaired) electrons. The second kappa shape index (κ2) is 8.52. The van der Waals surface area contributed by atoms with Crippen molar-refractivity contribution in [2.75, 3.05) is 0 Å². The summed E-state index contributed by atoms with van der Waals surface area (Å²) in [5.41, 5.74) is 3.04. The first-order valence-electron chi connectivity index (χ1n) is 8.72. The van der Waals surface area contributed by atoms with Gasteiger partial charge in [-0.15, -0.1) is 6.58 Å². The molecular weight excluding hydrogens is 310 g/mol. The summed E-state index contributed by atoms with van der Waals surface area (Å²) in [5, 5.41) is 2.91. The number of para-hydroxylation sites is 1. The van der Waals surface area contributed by atoms with Crippen LogP contribution in [0.1, 0.15) is 62.3 Å². The smallest absolute Gasteiger partial charge is 0.410 e. The van der Waals surface area contributed by atoms with Crippen LogP contribution in [0, 0.1) is 0 Å². The predicted molar refractivity (Wildman–Crippen MR) is 103 cm³/mol. The first-order chi connectivity index (χ1) is 11.9. The van der Waals surface area contributed by atoms with Crippen molar-refractivity contribution in [3.8, 4) is 5.75 Å². The van der Waals surface area contributed by atoms with E-state index in [1.807, 2.05) is 68.5 Å². The molecule has 2 aromatic rings. The fraction of sp³-hybridized carbons (Fsp3) is 0.318. The van der Waals surface area contributed by atoms with Gasteiger partial charge >= 0.3 is 6.09 Å². The predicted octanol–water partition coefficient (Wildman–Crippen LogP) is 5.95. The molecule has 2 aromatic carbocycles. The average molecular weight is 337 g/mol. The van der Waals surface area contributed by atoms with E-state index in [0.29, 0.717) is 5.75 Å². The van der Waals surface area contributed by atoms with Gasteiger partial charge in [-0.05, 0) is 24.0 Å². The van der Waals surface area contributed by atoms with Gasteiger partial charge in [0.05, 0.1) is 6.04 Å². The molecule has 3 nitrogen and oxygen atoms in total. The van der Waals surface area contributed by atoms with Crippen LogP contribution < -0.4 is 10.1 Å². The quantitative estimate of drug-likeness (QED) is 0.662. The number of rotatable bonds is 6. The summed E-state index contributed by atoms with van der Waals surface area (Å²) >= 11 is 0. The Morgan fingerprint density at radius 2 is 1.64 bits per heavy atom. The highest BCUT2D eigenvalue weighted by Crippen LogP contribution is 2.35. The van der Waals surface area contributed by atoms with Crippen molar-refractivity contribution >= 4 is 6.09 Å². The minimum absolute atomic E-state index is 0.105. The summed E-state index contributed by atoms with van der Waals surface area (Å²) < 4.78 is 5.76. The highest BCUT2D eigenvalue weighted by Gasteiger charge is 2.19. The Labute approximate surface area is 150 Å². The molecule has 0 spiro atoms. The van der Waals surface area contributed by atoms with Crippen LogP contribution in [0.25, 0.3) is 0 Å². The Morgan fingerprint density at radius 1 is 1.00 bits per heavy atom. The van der Waals surface area contributed by atoms with Crippen LogP contribution in [0.3, 0.4) is 0 Å². The third-order valence-electron chi connectivity index (χ3n) is 4.37. The first-order valence-corrected chi connectivity index (χ1v) is 8.72. The van der Waals surface area contributed by atoms with Crippen molar-refractivity contribution < 1.29 is 9.53 Å². The number of nitrogens with one attached hydrogen (secondary N) is 1. The number of hydrogen-bond donors (Lipinski definition) is 1. The molecule has 0 saturated carbocycles. The van der Waals surface area contributed by atoms with Crippen LogP contribution in [-0.4, -0.2) is 6.09 Å². The van der Waals surface area contributed by atoms with Crippen molar-refractivity contribution in [1.82, 2.24) is 5.32 Å². The number of hydrogen-bond acceptors (Lipinski definition) is 2. The van der Waals surface area contributed by atoms with E-state index in [4.69, 9.17) is 4.74 Å². The van der Waals surface area contributed by atoms with E-state index in [0.717, 1.165) is 16.7 Å². The number of ether oxygens (including phenoxy) is 1. The lowest BCUT2D eigenvalue weighted by Crippen LogP contribution is -2.30. The standard InChI is InChI=1S/C22H27NO2/c1-6-16(4)20-14-10-13-19(15(2)3)21(20)25-22(24)23-17(5)18-11-8-7-9-12-18/h6-17H,1H2,2-5H3,(H,23,24)/t16?,17-/m1/s1. The Bertz CT molecular complexity index is 722. The molecule has 25 heavy (non-hydrogen) atoms. The van der Waals surface area contributed by atoms with Gasteiger partial charge in [-0.25, -0.2) is 4.79 Å². The van der Waals surface area contributed by atoms with Gasteiger partial charge in [0.1, 0.15) is 5.75 Å². The zero-order valence-electron chi connectivity index (χ0n) is 15.5. The molecule has 0 aliphatic heterocycles. The molecule has 0 aromatic heterocycles. The van der Waals surface area contributed by atoms with Crippen molar-refractivity contribution in [2.24, 2.45) is 0 Å². The zero-order chi connectivity index (χ0) is 18.4. The molecule has 2 atom stereocenters. The van der Waals surface area contributed by atoms with Crippen LogP contribution in [0.2, 0.25) is 0 Å². The summed E-state index contributed by atoms with van der Waals surface area (Å²) in [4.78, 5) is 12.5. The summed E-state index contributed by atoms with van der Waals surface area (Å²) in [7, 11) is 0. The first kappa shape index (κ1) is 18.8. The SMILES string of the molecule is C=CC(C)c1cccc(C(C)C)c1OC(=O)N[C@H](C)c1ccccc1. The number of amides is 1. The van der Waals surface area contributed by atoms with E-state index in [1.54, 1.807) is 0 Å². The molecule has 1 N–H and O–H groups in total. The summed E-state index contributed by atoms with van der Waals surface area (Å²) in [6, 6.07) is 15.7. The third kappa shape index (κ3) is 4.72. The monoisotopic (exact) mass is 337 g/mol. The lowest BCUT2D eigenvalue weighted by atomic mass is 9.93. The molecule has 132 valence electrons. The maximum atomic E-state index is 12.5. The topological polar surface area (TPSA) is 38.3 Å². The molecule has 3 heteroatoms. The highest BCUT2D eigenvalue weighted by atomic mass is 16.6. The molecule has 2 rings (SSSR count). The Balaban J connectivity index is 2.23. The third-order valence-corrected chi connectivity index (χ3v) is 4.37. The van der Waals surface area contributed by atoms with Gasteiger partial charge in [-0.1, -0.05) is 75.4 Å². The van der Waals surface area contributed by atoms with Crippen LogP contribution in [-0.2, 0) is 0 Å². The van der Waals surface area contributed by atoms with Gasteiger partial charge in [0.15, 0.2) is 0 Å². The Morgan fingerprint density at radius 3 is 2.24 bits per heavy atom. The molecule has 1 unspecified atom stereocenters. The molecule has 0 aliphatic rings. The van der Waals surface area contributed by atoms with Crippen LogP contribution in [0.15, 0.2) is 61.2 Å². The van der Waals surface area contributed by atoms with Crippen LogP contribution in [0.4, 0.5) is 4.79 Å². The zero-order valence-corrected chi connectivity index (χ0v) is 15.5. The van der Waals surface area contributed by atoms with E-state index in [2.05, 4.69) is 25.7 Å². The van der Waals surface area contributed by atoms with Gasteiger partial charge in [-0.2, -0.15) is 0 Å². The molecular formula is C22H27NO2. The van der Waals surface area contributed by atoms with Gasteiger partial charge in [0, 0.05) is 11.5 Å². The fourth-order valence-electron chi connectivity index (χ4n) is 2.76. The second-order valence-electron chi connectivity index (χ2n) is 6.61. The maximum absolute atomic E-state index is 12.5. The minimum Gasteiger partial charge on any atom is -0.410 e. The largest absolute Gasteiger partial charge is 0.413 e. The molecule has 0 heterocycles. The number of allylic oxidation sites excluding steroid dienone is 1. The number of carbonyl (C=O) groups excluding carboxylic acids is 1. The highest BCUT2D eigenvalue weighted by molar-refractivity contribution is 5.72. The number of benzene rings is 2. The molecule has 0 saturated heterocycles. The van der Waals surface area contributed by atoms with Crippen molar-refractivity contribution in [2.45, 2.75) is 45.6 Å². The lowest BCUT2D eigenvalue weighted by molar-refractivity contribution is 0.196. The van der Waals surface area contributed by atoms with Gasteiger partial charge in [0.25, 0.3) is 0 Å². The summed E-state index contributed by atoms with van der Waals surface area (Å²) in [6.07, 6.45) is 1.42. The van der Waals surface area contributed by atoms with E-state index in [1.165, 1.54) is 0 Å². The Hall–Kier alpha value is -2.55. The van der Waals surface area contributed by atoms with Crippen molar-refractivity contribution in [3.63, 3.8) is 0 Å². The molecule has 0 bridgehead atoms. The van der Waals surface area contributed by atoms with Crippen molar-refractivity contribution in [3.05, 3.63) is 77.9 Å². The van der Waals surface area contributed by atoms with Crippen LogP contribution in [0.5, 0.6) is 5.75 Å². The second-order valence-corrected chi connectivity index (χ2v) is 6.61. The van der Waals surface area contributed by atoms with E-state index < -0.39 is 6.09 Å². The average Bonchev–Trinajstić information content (AvgIpc) is 2.61. The molecule has 0 fully saturated rings. The van der Waals surface area contributed by atoms with Gasteiger partial charge in [-0.3, -0.25) is 0 Å². The normalized spacial score (nSPS) is 13.2. The van der Waals surface area contributed by atoms with E-state index in [9.17, 15) is 4.79 Å². The summed E-state index contributed by atoms with van der Waals surface area (Å²) in [6.45, 7) is 12.0. The fourth-order valence-corrected chi connectivity index (χ4v) is 2.76. The van der Waals surface area contributed by atoms with Gasteiger partial charge < -0.3 is 10.1 Å². The minimum atomic E-state index is -0.443. The van der Waals surface area contributed by atoms with Crippen molar-refractivity contribution in [1.29, 1.82) is 0 Å². The Kier molecular flexibility index (Phi) is 6.40. The summed E-state index contributed by atoms with van der Waals surface area (Å²) in [5.74, 6) is 1.00. The van der Waals surface area contributed by atoms with E-state index >= 15 is 0 Å². The maximum Gasteiger partial charge on any atom is 0.413 e. The molecule has 0 aliphatic carbocycles. The number of carbonyl (C=O) groups is 1. The van der Waals surface area contributed by atoms with E-state index in [-0.39, 0.29) is 17.9 Å². The van der Waals surface area contributed by atoms with Gasteiger partial charge in [0.2, 0.25) is 0 Å². The van der Waals surface area contributed by atoms with Crippen LogP contribution >= 0.6 is 0 Å².